The number of sulfone groups is 1. The molecule has 0 spiro atoms. The van der Waals surface area contributed by atoms with Crippen molar-refractivity contribution in [1.29, 1.82) is 0 Å². The second-order valence-electron chi connectivity index (χ2n) is 8.33. The van der Waals surface area contributed by atoms with Gasteiger partial charge in [-0.3, -0.25) is 0 Å². The summed E-state index contributed by atoms with van der Waals surface area (Å²) in [5.74, 6) is -0.906. The van der Waals surface area contributed by atoms with Gasteiger partial charge in [-0.25, -0.2) is 31.1 Å². The number of hydrogen-bond donors (Lipinski definition) is 2. The minimum Gasteiger partial charge on any atom is -0.460 e. The molecule has 0 saturated carbocycles. The number of rotatable bonds is 11. The lowest BCUT2D eigenvalue weighted by atomic mass is 10.2. The van der Waals surface area contributed by atoms with E-state index in [1.807, 2.05) is 18.6 Å². The topological polar surface area (TPSA) is 145 Å². The summed E-state index contributed by atoms with van der Waals surface area (Å²) < 4.78 is 61.7. The van der Waals surface area contributed by atoms with Crippen LogP contribution in [0, 0.1) is 13.8 Å². The van der Waals surface area contributed by atoms with Gasteiger partial charge in [0.15, 0.2) is 9.84 Å². The summed E-state index contributed by atoms with van der Waals surface area (Å²) in [6, 6.07) is 17.3. The summed E-state index contributed by atoms with van der Waals surface area (Å²) >= 11 is 0. The van der Waals surface area contributed by atoms with Gasteiger partial charge in [-0.05, 0) is 56.3 Å². The van der Waals surface area contributed by atoms with Crippen LogP contribution in [-0.2, 0) is 29.3 Å². The highest BCUT2D eigenvalue weighted by Crippen LogP contribution is 2.14. The van der Waals surface area contributed by atoms with Gasteiger partial charge in [-0.2, -0.15) is 0 Å². The zero-order valence-electron chi connectivity index (χ0n) is 20.8. The van der Waals surface area contributed by atoms with Crippen molar-refractivity contribution >= 4 is 37.5 Å². The maximum Gasteiger partial charge on any atom is 0.338 e. The van der Waals surface area contributed by atoms with E-state index in [0.29, 0.717) is 0 Å². The molecule has 38 heavy (non-hydrogen) atoms. The van der Waals surface area contributed by atoms with Crippen LogP contribution < -0.4 is 10.0 Å². The van der Waals surface area contributed by atoms with E-state index < -0.39 is 31.9 Å². The first-order valence-corrected chi connectivity index (χ1v) is 14.6. The molecule has 3 aromatic rings. The number of hydrogen-bond acceptors (Lipinski definition) is 8. The number of urea groups is 1. The number of amides is 2. The maximum atomic E-state index is 12.4. The number of carbonyl (C=O) groups excluding carboxylic acids is 2. The maximum absolute atomic E-state index is 12.4. The molecule has 0 aliphatic rings. The van der Waals surface area contributed by atoms with E-state index in [1.165, 1.54) is 36.4 Å². The van der Waals surface area contributed by atoms with Crippen molar-refractivity contribution in [3.05, 3.63) is 89.5 Å². The van der Waals surface area contributed by atoms with Crippen LogP contribution in [0.3, 0.4) is 0 Å². The van der Waals surface area contributed by atoms with E-state index >= 15 is 0 Å². The van der Waals surface area contributed by atoms with Crippen LogP contribution in [0.1, 0.15) is 21.5 Å². The zero-order valence-corrected chi connectivity index (χ0v) is 22.5. The minimum atomic E-state index is -4.07. The van der Waals surface area contributed by atoms with Crippen molar-refractivity contribution in [2.45, 2.75) is 23.6 Å². The normalized spacial score (nSPS) is 11.5. The van der Waals surface area contributed by atoms with Crippen molar-refractivity contribution < 1.29 is 35.9 Å². The lowest BCUT2D eigenvalue weighted by Crippen LogP contribution is -2.34. The Morgan fingerprint density at radius 1 is 0.763 bits per heavy atom. The van der Waals surface area contributed by atoms with Gasteiger partial charge in [0.1, 0.15) is 6.61 Å². The van der Waals surface area contributed by atoms with Gasteiger partial charge in [-0.1, -0.05) is 41.5 Å². The Labute approximate surface area is 222 Å². The molecule has 0 bridgehead atoms. The molecule has 0 aromatic heterocycles. The number of nitrogens with one attached hydrogen (secondary N) is 2. The lowest BCUT2D eigenvalue weighted by molar-refractivity contribution is 0.0337. The molecule has 0 radical (unpaired) electrons. The molecule has 0 heterocycles. The fourth-order valence-corrected chi connectivity index (χ4v) is 5.22. The number of carbonyl (C=O) groups is 2. The molecule has 10 nitrogen and oxygen atoms in total. The Morgan fingerprint density at radius 2 is 1.37 bits per heavy atom. The lowest BCUT2D eigenvalue weighted by Gasteiger charge is -2.10. The fourth-order valence-electron chi connectivity index (χ4n) is 3.19. The molecule has 202 valence electrons. The highest BCUT2D eigenvalue weighted by Gasteiger charge is 2.18. The van der Waals surface area contributed by atoms with Gasteiger partial charge in [0.05, 0.1) is 34.3 Å². The number of anilines is 1. The highest BCUT2D eigenvalue weighted by atomic mass is 32.2. The van der Waals surface area contributed by atoms with E-state index in [9.17, 15) is 26.4 Å². The molecule has 0 aliphatic heterocycles. The predicted octanol–water partition coefficient (Wildman–Crippen LogP) is 3.46. The van der Waals surface area contributed by atoms with Gasteiger partial charge < -0.3 is 14.8 Å². The van der Waals surface area contributed by atoms with Crippen molar-refractivity contribution in [1.82, 2.24) is 4.72 Å². The number of benzene rings is 3. The molecular weight excluding hydrogens is 532 g/mol. The van der Waals surface area contributed by atoms with E-state index in [2.05, 4.69) is 5.32 Å². The first-order chi connectivity index (χ1) is 18.0. The standard InChI is InChI=1S/C26H28N2O8S2/c1-19-6-10-23(11-7-19)37(31,32)17-16-35-14-15-36-25(29)21-4-3-5-22(18-21)27-26(30)28-38(33,34)24-12-8-20(2)9-13-24/h3-13,18H,14-17H2,1-2H3,(H2,27,28,30). The van der Waals surface area contributed by atoms with E-state index in [4.69, 9.17) is 9.47 Å². The first-order valence-electron chi connectivity index (χ1n) is 11.5. The Hall–Kier alpha value is -3.74. The number of ether oxygens (including phenoxy) is 2. The molecule has 0 unspecified atom stereocenters. The average Bonchev–Trinajstić information content (AvgIpc) is 2.86. The quantitative estimate of drug-likeness (QED) is 0.268. The SMILES string of the molecule is Cc1ccc(S(=O)(=O)CCOCCOC(=O)c2cccc(NC(=O)NS(=O)(=O)c3ccc(C)cc3)c2)cc1. The van der Waals surface area contributed by atoms with Crippen LogP contribution in [0.15, 0.2) is 82.6 Å². The summed E-state index contributed by atoms with van der Waals surface area (Å²) in [5, 5.41) is 2.37. The molecule has 12 heteroatoms. The molecular formula is C26H28N2O8S2. The third-order valence-electron chi connectivity index (χ3n) is 5.25. The number of esters is 1. The third kappa shape index (κ3) is 8.40. The van der Waals surface area contributed by atoms with Gasteiger partial charge in [0, 0.05) is 5.69 Å². The number of sulfonamides is 1. The third-order valence-corrected chi connectivity index (χ3v) is 8.29. The van der Waals surface area contributed by atoms with E-state index in [0.717, 1.165) is 11.1 Å². The average molecular weight is 561 g/mol. The highest BCUT2D eigenvalue weighted by molar-refractivity contribution is 7.91. The van der Waals surface area contributed by atoms with Crippen LogP contribution in [0.2, 0.25) is 0 Å². The Balaban J connectivity index is 1.43. The Kier molecular flexibility index (Phi) is 9.61. The van der Waals surface area contributed by atoms with Gasteiger partial charge >= 0.3 is 12.0 Å². The molecule has 2 N–H and O–H groups in total. The molecule has 0 aliphatic carbocycles. The van der Waals surface area contributed by atoms with Crippen molar-refractivity contribution in [3.63, 3.8) is 0 Å². The summed E-state index contributed by atoms with van der Waals surface area (Å²) in [5.41, 5.74) is 2.12. The van der Waals surface area contributed by atoms with Crippen LogP contribution in [0.25, 0.3) is 0 Å². The molecule has 0 atom stereocenters. The zero-order chi connectivity index (χ0) is 27.8. The largest absolute Gasteiger partial charge is 0.460 e. The van der Waals surface area contributed by atoms with Gasteiger partial charge in [0.2, 0.25) is 0 Å². The molecule has 0 fully saturated rings. The Bertz CT molecular complexity index is 1480. The van der Waals surface area contributed by atoms with Crippen LogP contribution in [-0.4, -0.2) is 54.4 Å². The second-order valence-corrected chi connectivity index (χ2v) is 12.1. The van der Waals surface area contributed by atoms with E-state index in [-0.39, 0.29) is 46.6 Å². The van der Waals surface area contributed by atoms with Crippen molar-refractivity contribution in [2.75, 3.05) is 30.9 Å². The van der Waals surface area contributed by atoms with Crippen LogP contribution >= 0.6 is 0 Å². The molecule has 0 saturated heterocycles. The molecule has 3 aromatic carbocycles. The molecule has 2 amide bonds. The summed E-state index contributed by atoms with van der Waals surface area (Å²) in [4.78, 5) is 24.7. The van der Waals surface area contributed by atoms with Gasteiger partial charge in [-0.15, -0.1) is 0 Å². The summed E-state index contributed by atoms with van der Waals surface area (Å²) in [6.45, 7) is 3.49. The van der Waals surface area contributed by atoms with Crippen LogP contribution in [0.5, 0.6) is 0 Å². The monoisotopic (exact) mass is 560 g/mol. The van der Waals surface area contributed by atoms with Crippen LogP contribution in [0.4, 0.5) is 10.5 Å². The van der Waals surface area contributed by atoms with Crippen molar-refractivity contribution in [3.8, 4) is 0 Å². The first kappa shape index (κ1) is 28.8. The minimum absolute atomic E-state index is 0.00756. The number of aryl methyl sites for hydroxylation is 2. The Morgan fingerprint density at radius 3 is 2.00 bits per heavy atom. The second kappa shape index (κ2) is 12.7. The van der Waals surface area contributed by atoms with Crippen molar-refractivity contribution in [2.24, 2.45) is 0 Å². The summed E-state index contributed by atoms with van der Waals surface area (Å²) in [7, 11) is -7.55. The predicted molar refractivity (Wildman–Crippen MR) is 141 cm³/mol. The smallest absolute Gasteiger partial charge is 0.338 e. The van der Waals surface area contributed by atoms with Gasteiger partial charge in [0.25, 0.3) is 10.0 Å². The van der Waals surface area contributed by atoms with E-state index in [1.54, 1.807) is 36.4 Å². The summed E-state index contributed by atoms with van der Waals surface area (Å²) in [6.07, 6.45) is 0. The molecule has 3 rings (SSSR count). The fraction of sp³-hybridized carbons (Fsp3) is 0.231.